The molecular weight excluding hydrogens is 306 g/mol. The summed E-state index contributed by atoms with van der Waals surface area (Å²) in [4.78, 5) is 17.7. The second-order valence-electron chi connectivity index (χ2n) is 6.52. The highest BCUT2D eigenvalue weighted by atomic mass is 16.3. The molecule has 3 aromatic rings. The Morgan fingerprint density at radius 1 is 1.38 bits per heavy atom. The summed E-state index contributed by atoms with van der Waals surface area (Å²) in [5.41, 5.74) is 3.20. The van der Waals surface area contributed by atoms with E-state index in [4.69, 9.17) is 0 Å². The number of hydrogen-bond acceptors (Lipinski definition) is 4. The van der Waals surface area contributed by atoms with Crippen LogP contribution >= 0.6 is 0 Å². The van der Waals surface area contributed by atoms with Crippen LogP contribution < -0.4 is 0 Å². The molecule has 1 fully saturated rings. The Balaban J connectivity index is 1.62. The minimum absolute atomic E-state index is 0.109. The average Bonchev–Trinajstić information content (AvgIpc) is 3.29. The monoisotopic (exact) mass is 325 g/mol. The molecule has 124 valence electrons. The van der Waals surface area contributed by atoms with E-state index in [1.54, 1.807) is 4.90 Å². The van der Waals surface area contributed by atoms with Gasteiger partial charge < -0.3 is 15.0 Å². The van der Waals surface area contributed by atoms with Gasteiger partial charge in [-0.25, -0.2) is 0 Å². The Morgan fingerprint density at radius 2 is 2.21 bits per heavy atom. The molecule has 0 saturated carbocycles. The Kier molecular flexibility index (Phi) is 3.21. The average molecular weight is 325 g/mol. The number of aliphatic hydroxyl groups is 1. The second kappa shape index (κ2) is 5.17. The van der Waals surface area contributed by atoms with Gasteiger partial charge >= 0.3 is 0 Å². The van der Waals surface area contributed by atoms with E-state index in [1.807, 2.05) is 18.2 Å². The molecule has 3 N–H and O–H groups in total. The number of β-amino-alcohol motifs (C(OH)–C–C–N with tert-alkyl or cyclic N) is 1. The highest BCUT2D eigenvalue weighted by Crippen LogP contribution is 2.31. The van der Waals surface area contributed by atoms with Crippen LogP contribution in [0.4, 0.5) is 0 Å². The van der Waals surface area contributed by atoms with E-state index in [0.29, 0.717) is 24.4 Å². The summed E-state index contributed by atoms with van der Waals surface area (Å²) >= 11 is 0. The maximum Gasteiger partial charge on any atom is 0.270 e. The molecular formula is C17H19N5O2. The van der Waals surface area contributed by atoms with Crippen LogP contribution in [0.5, 0.6) is 0 Å². The van der Waals surface area contributed by atoms with Gasteiger partial charge in [0, 0.05) is 23.9 Å². The van der Waals surface area contributed by atoms with Crippen LogP contribution in [-0.2, 0) is 5.60 Å². The van der Waals surface area contributed by atoms with Gasteiger partial charge in [0.1, 0.15) is 17.0 Å². The fraction of sp³-hybridized carbons (Fsp3) is 0.353. The molecule has 2 aromatic heterocycles. The Hall–Kier alpha value is -2.67. The number of aromatic nitrogens is 4. The van der Waals surface area contributed by atoms with Crippen molar-refractivity contribution in [2.75, 3.05) is 13.1 Å². The molecule has 1 atom stereocenters. The summed E-state index contributed by atoms with van der Waals surface area (Å²) in [5, 5.41) is 22.0. The van der Waals surface area contributed by atoms with Crippen molar-refractivity contribution < 1.29 is 9.90 Å². The van der Waals surface area contributed by atoms with Gasteiger partial charge in [0.15, 0.2) is 0 Å². The first-order valence-electron chi connectivity index (χ1n) is 7.95. The maximum atomic E-state index is 12.8. The van der Waals surface area contributed by atoms with Crippen molar-refractivity contribution in [3.8, 4) is 0 Å². The smallest absolute Gasteiger partial charge is 0.270 e. The van der Waals surface area contributed by atoms with Gasteiger partial charge in [0.25, 0.3) is 5.91 Å². The molecule has 0 bridgehead atoms. The number of carbonyl (C=O) groups excluding carboxylic acids is 1. The fourth-order valence-electron chi connectivity index (χ4n) is 3.35. The van der Waals surface area contributed by atoms with Crippen molar-refractivity contribution >= 4 is 16.8 Å². The van der Waals surface area contributed by atoms with Crippen LogP contribution in [0.25, 0.3) is 10.9 Å². The van der Waals surface area contributed by atoms with E-state index in [2.05, 4.69) is 34.2 Å². The van der Waals surface area contributed by atoms with Gasteiger partial charge in [0.2, 0.25) is 0 Å². The molecule has 1 unspecified atom stereocenters. The molecule has 0 aliphatic carbocycles. The lowest BCUT2D eigenvalue weighted by molar-refractivity contribution is 0.0381. The molecule has 1 saturated heterocycles. The summed E-state index contributed by atoms with van der Waals surface area (Å²) in [6, 6.07) is 5.93. The van der Waals surface area contributed by atoms with E-state index >= 15 is 0 Å². The molecule has 0 spiro atoms. The molecule has 7 heteroatoms. The zero-order valence-electron chi connectivity index (χ0n) is 13.6. The number of nitrogens with zero attached hydrogens (tertiary/aromatic N) is 3. The lowest BCUT2D eigenvalue weighted by Gasteiger charge is -2.20. The van der Waals surface area contributed by atoms with Gasteiger partial charge in [-0.05, 0) is 37.1 Å². The number of hydrogen-bond donors (Lipinski definition) is 3. The number of aryl methyl sites for hydroxylation is 2. The van der Waals surface area contributed by atoms with E-state index in [0.717, 1.165) is 10.9 Å². The standard InChI is InChI=1S/C17H19N5O2/c1-10-3-4-13-12(11(10)2)7-14(19-13)16(23)22-6-5-17(24,9-22)15-8-18-21-20-15/h3-4,7-8,19,24H,5-6,9H2,1-2H3,(H,18,20,21). The van der Waals surface area contributed by atoms with Crippen molar-refractivity contribution in [3.05, 3.63) is 46.9 Å². The van der Waals surface area contributed by atoms with E-state index in [-0.39, 0.29) is 12.5 Å². The molecule has 7 nitrogen and oxygen atoms in total. The van der Waals surface area contributed by atoms with E-state index in [1.165, 1.54) is 17.3 Å². The van der Waals surface area contributed by atoms with E-state index in [9.17, 15) is 9.90 Å². The molecule has 1 aromatic carbocycles. The summed E-state index contributed by atoms with van der Waals surface area (Å²) in [6.45, 7) is 4.81. The first-order valence-corrected chi connectivity index (χ1v) is 7.95. The SMILES string of the molecule is Cc1ccc2[nH]c(C(=O)N3CCC(O)(c4cn[nH]n4)C3)cc2c1C. The minimum Gasteiger partial charge on any atom is -0.381 e. The second-order valence-corrected chi connectivity index (χ2v) is 6.52. The lowest BCUT2D eigenvalue weighted by atomic mass is 10.00. The van der Waals surface area contributed by atoms with E-state index < -0.39 is 5.60 Å². The van der Waals surface area contributed by atoms with Crippen LogP contribution in [0.15, 0.2) is 24.4 Å². The summed E-state index contributed by atoms with van der Waals surface area (Å²) in [5.74, 6) is -0.109. The highest BCUT2D eigenvalue weighted by Gasteiger charge is 2.42. The molecule has 0 radical (unpaired) electrons. The molecule has 1 aliphatic heterocycles. The maximum absolute atomic E-state index is 12.8. The first kappa shape index (κ1) is 14.9. The van der Waals surface area contributed by atoms with Crippen molar-refractivity contribution in [2.24, 2.45) is 0 Å². The number of rotatable bonds is 2. The fourth-order valence-corrected chi connectivity index (χ4v) is 3.35. The molecule has 3 heterocycles. The van der Waals surface area contributed by atoms with Gasteiger partial charge in [-0.1, -0.05) is 6.07 Å². The number of aromatic amines is 2. The number of amides is 1. The number of H-pyrrole nitrogens is 2. The summed E-state index contributed by atoms with van der Waals surface area (Å²) in [7, 11) is 0. The van der Waals surface area contributed by atoms with Gasteiger partial charge in [-0.15, -0.1) is 0 Å². The van der Waals surface area contributed by atoms with Crippen molar-refractivity contribution in [1.29, 1.82) is 0 Å². The topological polar surface area (TPSA) is 97.9 Å². The molecule has 1 amide bonds. The normalized spacial score (nSPS) is 20.9. The number of likely N-dealkylation sites (tertiary alicyclic amines) is 1. The predicted molar refractivity (Wildman–Crippen MR) is 88.6 cm³/mol. The first-order chi connectivity index (χ1) is 11.5. The van der Waals surface area contributed by atoms with Crippen LogP contribution in [0.1, 0.15) is 33.7 Å². The third-order valence-electron chi connectivity index (χ3n) is 5.00. The Bertz CT molecular complexity index is 915. The quantitative estimate of drug-likeness (QED) is 0.667. The molecule has 1 aliphatic rings. The van der Waals surface area contributed by atoms with Crippen LogP contribution in [0.2, 0.25) is 0 Å². The molecule has 24 heavy (non-hydrogen) atoms. The highest BCUT2D eigenvalue weighted by molar-refractivity contribution is 5.99. The van der Waals surface area contributed by atoms with Gasteiger partial charge in [0.05, 0.1) is 12.7 Å². The molecule has 4 rings (SSSR count). The Labute approximate surface area is 138 Å². The summed E-state index contributed by atoms with van der Waals surface area (Å²) < 4.78 is 0. The number of carbonyl (C=O) groups is 1. The van der Waals surface area contributed by atoms with Crippen LogP contribution in [-0.4, -0.2) is 49.4 Å². The van der Waals surface area contributed by atoms with Crippen molar-refractivity contribution in [2.45, 2.75) is 25.9 Å². The third kappa shape index (κ3) is 2.20. The van der Waals surface area contributed by atoms with Crippen molar-refractivity contribution in [1.82, 2.24) is 25.3 Å². The number of nitrogens with one attached hydrogen (secondary N) is 2. The van der Waals surface area contributed by atoms with Gasteiger partial charge in [-0.2, -0.15) is 15.4 Å². The number of fused-ring (bicyclic) bond motifs is 1. The summed E-state index contributed by atoms with van der Waals surface area (Å²) in [6.07, 6.45) is 1.95. The van der Waals surface area contributed by atoms with Gasteiger partial charge in [-0.3, -0.25) is 4.79 Å². The zero-order chi connectivity index (χ0) is 16.9. The Morgan fingerprint density at radius 3 is 2.96 bits per heavy atom. The lowest BCUT2D eigenvalue weighted by Crippen LogP contribution is -2.34. The third-order valence-corrected chi connectivity index (χ3v) is 5.00. The largest absolute Gasteiger partial charge is 0.381 e. The minimum atomic E-state index is -1.14. The van der Waals surface area contributed by atoms with Crippen LogP contribution in [0, 0.1) is 13.8 Å². The van der Waals surface area contributed by atoms with Crippen LogP contribution in [0.3, 0.4) is 0 Å². The number of benzene rings is 1. The predicted octanol–water partition coefficient (Wildman–Crippen LogP) is 1.64. The van der Waals surface area contributed by atoms with Crippen molar-refractivity contribution in [3.63, 3.8) is 0 Å². The zero-order valence-corrected chi connectivity index (χ0v) is 13.6.